The molecule has 3 heteroatoms. The summed E-state index contributed by atoms with van der Waals surface area (Å²) in [6.45, 7) is 3.98. The fourth-order valence-electron chi connectivity index (χ4n) is 1.93. The first-order valence-electron chi connectivity index (χ1n) is 4.94. The Balaban J connectivity index is 2.87. The van der Waals surface area contributed by atoms with Crippen LogP contribution in [0.4, 0.5) is 0 Å². The second-order valence-corrected chi connectivity index (χ2v) is 4.92. The molecule has 2 rings (SSSR count). The zero-order chi connectivity index (χ0) is 11.2. The van der Waals surface area contributed by atoms with Crippen LogP contribution in [0.25, 0.3) is 10.9 Å². The third kappa shape index (κ3) is 1.64. The van der Waals surface area contributed by atoms with Crippen molar-refractivity contribution in [3.05, 3.63) is 35.0 Å². The van der Waals surface area contributed by atoms with E-state index in [4.69, 9.17) is 17.3 Å². The summed E-state index contributed by atoms with van der Waals surface area (Å²) in [4.78, 5) is 0. The Morgan fingerprint density at radius 2 is 2.00 bits per heavy atom. The highest BCUT2D eigenvalue weighted by Gasteiger charge is 2.19. The monoisotopic (exact) mass is 222 g/mol. The SMILES string of the molecule is Cn1cc(Cl)c2c(C(C)(C)N)cccc21. The van der Waals surface area contributed by atoms with Gasteiger partial charge in [-0.25, -0.2) is 0 Å². The van der Waals surface area contributed by atoms with Crippen molar-refractivity contribution < 1.29 is 0 Å². The van der Waals surface area contributed by atoms with E-state index in [0.717, 1.165) is 21.5 Å². The summed E-state index contributed by atoms with van der Waals surface area (Å²) in [5.41, 5.74) is 7.97. The van der Waals surface area contributed by atoms with Crippen LogP contribution in [0.3, 0.4) is 0 Å². The molecule has 80 valence electrons. The summed E-state index contributed by atoms with van der Waals surface area (Å²) in [5.74, 6) is 0. The van der Waals surface area contributed by atoms with Crippen LogP contribution in [0.5, 0.6) is 0 Å². The zero-order valence-corrected chi connectivity index (χ0v) is 9.97. The number of hydrogen-bond acceptors (Lipinski definition) is 1. The molecule has 0 aliphatic heterocycles. The van der Waals surface area contributed by atoms with Gasteiger partial charge in [0.1, 0.15) is 0 Å². The Labute approximate surface area is 94.6 Å². The summed E-state index contributed by atoms with van der Waals surface area (Å²) in [6.07, 6.45) is 1.92. The molecule has 15 heavy (non-hydrogen) atoms. The van der Waals surface area contributed by atoms with Gasteiger partial charge in [-0.2, -0.15) is 0 Å². The minimum Gasteiger partial charge on any atom is -0.349 e. The first-order valence-corrected chi connectivity index (χ1v) is 5.32. The molecule has 0 atom stereocenters. The van der Waals surface area contributed by atoms with Crippen LogP contribution >= 0.6 is 11.6 Å². The average Bonchev–Trinajstić information content (AvgIpc) is 2.41. The number of rotatable bonds is 1. The molecule has 2 nitrogen and oxygen atoms in total. The molecule has 0 radical (unpaired) electrons. The van der Waals surface area contributed by atoms with E-state index in [9.17, 15) is 0 Å². The third-order valence-electron chi connectivity index (χ3n) is 2.66. The Morgan fingerprint density at radius 3 is 2.60 bits per heavy atom. The van der Waals surface area contributed by atoms with Crippen LogP contribution < -0.4 is 5.73 Å². The highest BCUT2D eigenvalue weighted by atomic mass is 35.5. The predicted octanol–water partition coefficient (Wildman–Crippen LogP) is 3.03. The molecule has 0 aliphatic carbocycles. The van der Waals surface area contributed by atoms with Gasteiger partial charge < -0.3 is 10.3 Å². The molecule has 0 fully saturated rings. The van der Waals surface area contributed by atoms with Gasteiger partial charge >= 0.3 is 0 Å². The van der Waals surface area contributed by atoms with Gasteiger partial charge in [0.2, 0.25) is 0 Å². The van der Waals surface area contributed by atoms with Gasteiger partial charge in [-0.15, -0.1) is 0 Å². The number of halogens is 1. The van der Waals surface area contributed by atoms with Crippen LogP contribution in [0.2, 0.25) is 5.02 Å². The smallest absolute Gasteiger partial charge is 0.0664 e. The fraction of sp³-hybridized carbons (Fsp3) is 0.333. The molecule has 2 N–H and O–H groups in total. The van der Waals surface area contributed by atoms with E-state index < -0.39 is 0 Å². The van der Waals surface area contributed by atoms with Crippen molar-refractivity contribution in [1.82, 2.24) is 4.57 Å². The lowest BCUT2D eigenvalue weighted by atomic mass is 9.92. The maximum absolute atomic E-state index is 6.21. The van der Waals surface area contributed by atoms with Gasteiger partial charge in [-0.3, -0.25) is 0 Å². The van der Waals surface area contributed by atoms with Crippen LogP contribution in [0.15, 0.2) is 24.4 Å². The number of aromatic nitrogens is 1. The molecule has 2 aromatic rings. The van der Waals surface area contributed by atoms with Crippen molar-refractivity contribution in [1.29, 1.82) is 0 Å². The van der Waals surface area contributed by atoms with Crippen LogP contribution in [-0.2, 0) is 12.6 Å². The van der Waals surface area contributed by atoms with Crippen LogP contribution in [0, 0.1) is 0 Å². The highest BCUT2D eigenvalue weighted by molar-refractivity contribution is 6.36. The second kappa shape index (κ2) is 3.26. The standard InChI is InChI=1S/C12H15ClN2/c1-12(2,14)8-5-4-6-10-11(8)9(13)7-15(10)3/h4-7H,14H2,1-3H3. The van der Waals surface area contributed by atoms with Crippen molar-refractivity contribution >= 4 is 22.5 Å². The van der Waals surface area contributed by atoms with Crippen LogP contribution in [-0.4, -0.2) is 4.57 Å². The summed E-state index contributed by atoms with van der Waals surface area (Å²) in [6, 6.07) is 6.10. The topological polar surface area (TPSA) is 30.9 Å². The van der Waals surface area contributed by atoms with Crippen molar-refractivity contribution in [3.8, 4) is 0 Å². The predicted molar refractivity (Wildman–Crippen MR) is 65.1 cm³/mol. The molecular weight excluding hydrogens is 208 g/mol. The van der Waals surface area contributed by atoms with E-state index in [0.29, 0.717) is 0 Å². The quantitative estimate of drug-likeness (QED) is 0.790. The molecule has 1 aromatic heterocycles. The zero-order valence-electron chi connectivity index (χ0n) is 9.21. The molecule has 1 aromatic carbocycles. The van der Waals surface area contributed by atoms with Crippen molar-refractivity contribution in [2.24, 2.45) is 12.8 Å². The fourth-order valence-corrected chi connectivity index (χ4v) is 2.27. The van der Waals surface area contributed by atoms with Gasteiger partial charge in [0.15, 0.2) is 0 Å². The van der Waals surface area contributed by atoms with E-state index in [1.807, 2.05) is 43.8 Å². The summed E-state index contributed by atoms with van der Waals surface area (Å²) >= 11 is 6.21. The summed E-state index contributed by atoms with van der Waals surface area (Å²) in [5, 5.41) is 1.83. The molecule has 0 bridgehead atoms. The minimum absolute atomic E-state index is 0.371. The van der Waals surface area contributed by atoms with Crippen molar-refractivity contribution in [3.63, 3.8) is 0 Å². The Hall–Kier alpha value is -0.990. The lowest BCUT2D eigenvalue weighted by Crippen LogP contribution is -2.28. The number of hydrogen-bond donors (Lipinski definition) is 1. The van der Waals surface area contributed by atoms with E-state index in [-0.39, 0.29) is 5.54 Å². The Kier molecular flexibility index (Phi) is 2.28. The molecule has 0 unspecified atom stereocenters. The van der Waals surface area contributed by atoms with Crippen molar-refractivity contribution in [2.45, 2.75) is 19.4 Å². The molecule has 0 amide bonds. The van der Waals surface area contributed by atoms with Gasteiger partial charge in [0.25, 0.3) is 0 Å². The number of benzene rings is 1. The molecule has 0 saturated carbocycles. The van der Waals surface area contributed by atoms with E-state index in [1.54, 1.807) is 0 Å². The van der Waals surface area contributed by atoms with E-state index in [1.165, 1.54) is 0 Å². The number of fused-ring (bicyclic) bond motifs is 1. The van der Waals surface area contributed by atoms with Gasteiger partial charge in [0.05, 0.1) is 5.02 Å². The van der Waals surface area contributed by atoms with Gasteiger partial charge in [-0.05, 0) is 25.5 Å². The summed E-state index contributed by atoms with van der Waals surface area (Å²) in [7, 11) is 1.99. The van der Waals surface area contributed by atoms with Crippen molar-refractivity contribution in [2.75, 3.05) is 0 Å². The third-order valence-corrected chi connectivity index (χ3v) is 2.95. The summed E-state index contributed by atoms with van der Waals surface area (Å²) < 4.78 is 2.02. The lowest BCUT2D eigenvalue weighted by molar-refractivity contribution is 0.559. The van der Waals surface area contributed by atoms with E-state index in [2.05, 4.69) is 6.07 Å². The largest absolute Gasteiger partial charge is 0.349 e. The number of nitrogens with zero attached hydrogens (tertiary/aromatic N) is 1. The first kappa shape index (κ1) is 10.5. The number of aryl methyl sites for hydroxylation is 1. The second-order valence-electron chi connectivity index (χ2n) is 4.51. The molecule has 0 saturated heterocycles. The first-order chi connectivity index (χ1) is 6.91. The van der Waals surface area contributed by atoms with E-state index >= 15 is 0 Å². The Bertz CT molecular complexity index is 506. The maximum atomic E-state index is 6.21. The molecular formula is C12H15ClN2. The highest BCUT2D eigenvalue weighted by Crippen LogP contribution is 2.33. The van der Waals surface area contributed by atoms with Crippen LogP contribution in [0.1, 0.15) is 19.4 Å². The maximum Gasteiger partial charge on any atom is 0.0664 e. The molecule has 0 spiro atoms. The number of nitrogens with two attached hydrogens (primary N) is 1. The average molecular weight is 223 g/mol. The molecule has 0 aliphatic rings. The molecule has 1 heterocycles. The normalized spacial score (nSPS) is 12.3. The van der Waals surface area contributed by atoms with Gasteiger partial charge in [0, 0.05) is 29.7 Å². The lowest BCUT2D eigenvalue weighted by Gasteiger charge is -2.20. The van der Waals surface area contributed by atoms with Gasteiger partial charge in [-0.1, -0.05) is 23.7 Å². The minimum atomic E-state index is -0.371. The Morgan fingerprint density at radius 1 is 1.33 bits per heavy atom.